The topological polar surface area (TPSA) is 0 Å². The standard InChI is InChI=1S/C25H28/c1-3-20-12-10-18-8-6-5-7-9-19-11-13-21(4-2)25(17-19)23-15-14-22(23)24(20)16-18/h3-4,10-13,16-17,22-23H,1-2,5-9,14-15H2. The number of aryl methyl sites for hydroxylation is 2. The first-order valence-corrected chi connectivity index (χ1v) is 9.80. The Bertz CT molecular complexity index is 728. The fraction of sp³-hybridized carbons (Fsp3) is 0.360. The fourth-order valence-electron chi connectivity index (χ4n) is 4.65. The van der Waals surface area contributed by atoms with Gasteiger partial charge in [0.15, 0.2) is 0 Å². The molecule has 0 radical (unpaired) electrons. The van der Waals surface area contributed by atoms with Gasteiger partial charge in [0, 0.05) is 0 Å². The van der Waals surface area contributed by atoms with Crippen molar-refractivity contribution in [1.82, 2.24) is 0 Å². The van der Waals surface area contributed by atoms with Crippen LogP contribution in [0.5, 0.6) is 0 Å². The third-order valence-corrected chi connectivity index (χ3v) is 6.25. The maximum Gasteiger partial charge on any atom is -0.00866 e. The summed E-state index contributed by atoms with van der Waals surface area (Å²) in [6.45, 7) is 8.13. The second-order valence-corrected chi connectivity index (χ2v) is 7.69. The minimum absolute atomic E-state index is 0.627. The molecule has 2 aromatic carbocycles. The molecule has 0 aromatic heterocycles. The van der Waals surface area contributed by atoms with Gasteiger partial charge < -0.3 is 0 Å². The molecule has 2 aromatic rings. The highest BCUT2D eigenvalue weighted by Gasteiger charge is 2.35. The molecular weight excluding hydrogens is 300 g/mol. The van der Waals surface area contributed by atoms with Gasteiger partial charge in [-0.1, -0.05) is 68.1 Å². The summed E-state index contributed by atoms with van der Waals surface area (Å²) in [7, 11) is 0. The van der Waals surface area contributed by atoms with Crippen molar-refractivity contribution >= 4 is 12.2 Å². The molecule has 1 fully saturated rings. The maximum atomic E-state index is 4.06. The van der Waals surface area contributed by atoms with Gasteiger partial charge in [-0.2, -0.15) is 0 Å². The molecule has 1 saturated carbocycles. The van der Waals surface area contributed by atoms with Crippen LogP contribution < -0.4 is 0 Å². The van der Waals surface area contributed by atoms with Crippen LogP contribution >= 0.6 is 0 Å². The van der Waals surface area contributed by atoms with Crippen molar-refractivity contribution in [1.29, 1.82) is 0 Å². The average Bonchev–Trinajstić information content (AvgIpc) is 2.61. The monoisotopic (exact) mass is 328 g/mol. The molecule has 0 heteroatoms. The minimum Gasteiger partial charge on any atom is -0.0985 e. The largest absolute Gasteiger partial charge is 0.0985 e. The second kappa shape index (κ2) is 7.04. The Morgan fingerprint density at radius 1 is 0.680 bits per heavy atom. The zero-order valence-electron chi connectivity index (χ0n) is 15.1. The third-order valence-electron chi connectivity index (χ3n) is 6.25. The number of rotatable bonds is 2. The summed E-state index contributed by atoms with van der Waals surface area (Å²) < 4.78 is 0. The Kier molecular flexibility index (Phi) is 4.61. The van der Waals surface area contributed by atoms with Gasteiger partial charge in [0.05, 0.1) is 0 Å². The molecule has 0 saturated heterocycles. The average molecular weight is 328 g/mol. The van der Waals surface area contributed by atoms with E-state index in [0.717, 1.165) is 0 Å². The lowest BCUT2D eigenvalue weighted by Crippen LogP contribution is -2.23. The molecule has 0 amide bonds. The van der Waals surface area contributed by atoms with Crippen LogP contribution in [0.15, 0.2) is 49.6 Å². The highest BCUT2D eigenvalue weighted by atomic mass is 14.4. The highest BCUT2D eigenvalue weighted by Crippen LogP contribution is 2.51. The Hall–Kier alpha value is -2.08. The molecule has 25 heavy (non-hydrogen) atoms. The molecule has 0 heterocycles. The molecular formula is C25H28. The van der Waals surface area contributed by atoms with Gasteiger partial charge in [-0.3, -0.25) is 0 Å². The second-order valence-electron chi connectivity index (χ2n) is 7.69. The summed E-state index contributed by atoms with van der Waals surface area (Å²) in [6, 6.07) is 14.1. The lowest BCUT2D eigenvalue weighted by atomic mass is 9.65. The Labute approximate surface area is 152 Å². The van der Waals surface area contributed by atoms with E-state index in [0.29, 0.717) is 11.8 Å². The first-order valence-electron chi connectivity index (χ1n) is 9.80. The van der Waals surface area contributed by atoms with Crippen molar-refractivity contribution in [2.75, 3.05) is 0 Å². The summed E-state index contributed by atoms with van der Waals surface area (Å²) in [5.74, 6) is 1.25. The molecule has 128 valence electrons. The molecule has 2 aliphatic carbocycles. The number of hydrogen-bond acceptors (Lipinski definition) is 0. The molecule has 2 atom stereocenters. The van der Waals surface area contributed by atoms with E-state index >= 15 is 0 Å². The molecule has 4 rings (SSSR count). The van der Waals surface area contributed by atoms with Crippen molar-refractivity contribution < 1.29 is 0 Å². The van der Waals surface area contributed by atoms with Crippen LogP contribution in [0, 0.1) is 0 Å². The molecule has 0 aliphatic heterocycles. The summed E-state index contributed by atoms with van der Waals surface area (Å²) >= 11 is 0. The zero-order valence-corrected chi connectivity index (χ0v) is 15.1. The Balaban J connectivity index is 1.81. The SMILES string of the molecule is C=Cc1ccc2cc1C1CCC1c1cc(ccc1C=C)CCCCC2. The van der Waals surface area contributed by atoms with Crippen molar-refractivity contribution in [2.24, 2.45) is 0 Å². The van der Waals surface area contributed by atoms with E-state index in [-0.39, 0.29) is 0 Å². The van der Waals surface area contributed by atoms with Crippen LogP contribution in [0.4, 0.5) is 0 Å². The van der Waals surface area contributed by atoms with Gasteiger partial charge in [-0.25, -0.2) is 0 Å². The smallest absolute Gasteiger partial charge is 0.00866 e. The molecule has 0 N–H and O–H groups in total. The number of benzene rings is 2. The van der Waals surface area contributed by atoms with E-state index in [2.05, 4.69) is 49.6 Å². The van der Waals surface area contributed by atoms with Crippen molar-refractivity contribution in [2.45, 2.75) is 56.8 Å². The van der Waals surface area contributed by atoms with Gasteiger partial charge >= 0.3 is 0 Å². The van der Waals surface area contributed by atoms with Crippen LogP contribution in [0.2, 0.25) is 0 Å². The van der Waals surface area contributed by atoms with E-state index < -0.39 is 0 Å². The Morgan fingerprint density at radius 3 is 1.56 bits per heavy atom. The van der Waals surface area contributed by atoms with Crippen molar-refractivity contribution in [3.63, 3.8) is 0 Å². The molecule has 0 spiro atoms. The summed E-state index contributed by atoms with van der Waals surface area (Å²) in [5, 5.41) is 0. The highest BCUT2D eigenvalue weighted by molar-refractivity contribution is 5.59. The van der Waals surface area contributed by atoms with E-state index in [4.69, 9.17) is 0 Å². The first kappa shape index (κ1) is 16.4. The molecule has 2 unspecified atom stereocenters. The third kappa shape index (κ3) is 3.11. The van der Waals surface area contributed by atoms with Crippen molar-refractivity contribution in [3.8, 4) is 0 Å². The summed E-state index contributed by atoms with van der Waals surface area (Å²) in [5.41, 5.74) is 8.68. The maximum absolute atomic E-state index is 4.06. The lowest BCUT2D eigenvalue weighted by Gasteiger charge is -2.39. The van der Waals surface area contributed by atoms with Gasteiger partial charge in [0.1, 0.15) is 0 Å². The lowest BCUT2D eigenvalue weighted by molar-refractivity contribution is 0.345. The normalized spacial score (nSPS) is 22.4. The summed E-state index contributed by atoms with van der Waals surface area (Å²) in [4.78, 5) is 0. The fourth-order valence-corrected chi connectivity index (χ4v) is 4.65. The summed E-state index contributed by atoms with van der Waals surface area (Å²) in [6.07, 6.45) is 13.0. The molecule has 2 aliphatic rings. The van der Waals surface area contributed by atoms with Crippen LogP contribution in [0.1, 0.15) is 77.3 Å². The van der Waals surface area contributed by atoms with E-state index in [1.54, 1.807) is 0 Å². The van der Waals surface area contributed by atoms with Crippen molar-refractivity contribution in [3.05, 3.63) is 82.9 Å². The van der Waals surface area contributed by atoms with E-state index in [1.165, 1.54) is 78.3 Å². The molecule has 0 nitrogen and oxygen atoms in total. The van der Waals surface area contributed by atoms with Crippen LogP contribution in [0.3, 0.4) is 0 Å². The van der Waals surface area contributed by atoms with Crippen LogP contribution in [-0.4, -0.2) is 0 Å². The van der Waals surface area contributed by atoms with Gasteiger partial charge in [0.25, 0.3) is 0 Å². The van der Waals surface area contributed by atoms with Gasteiger partial charge in [-0.15, -0.1) is 0 Å². The zero-order chi connectivity index (χ0) is 17.2. The van der Waals surface area contributed by atoms with Crippen LogP contribution in [0.25, 0.3) is 12.2 Å². The minimum atomic E-state index is 0.627. The van der Waals surface area contributed by atoms with Gasteiger partial charge in [0.2, 0.25) is 0 Å². The number of hydrogen-bond donors (Lipinski definition) is 0. The van der Waals surface area contributed by atoms with Crippen LogP contribution in [-0.2, 0) is 12.8 Å². The predicted molar refractivity (Wildman–Crippen MR) is 109 cm³/mol. The first-order chi connectivity index (χ1) is 12.3. The van der Waals surface area contributed by atoms with Gasteiger partial charge in [-0.05, 0) is 83.7 Å². The van der Waals surface area contributed by atoms with E-state index in [1.807, 2.05) is 12.2 Å². The molecule has 4 bridgehead atoms. The van der Waals surface area contributed by atoms with E-state index in [9.17, 15) is 0 Å². The Morgan fingerprint density at radius 2 is 1.16 bits per heavy atom. The predicted octanol–water partition coefficient (Wildman–Crippen LogP) is 6.90. The quantitative estimate of drug-likeness (QED) is 0.562. The number of fused-ring (bicyclic) bond motifs is 7.